The minimum absolute atomic E-state index is 0.396. The number of rotatable bonds is 4. The van der Waals surface area contributed by atoms with E-state index in [2.05, 4.69) is 15.9 Å². The average Bonchev–Trinajstić information content (AvgIpc) is 2.17. The largest absolute Gasteiger partial charge is 0.477 e. The molecule has 14 heavy (non-hydrogen) atoms. The number of hydrogen-bond donors (Lipinski definition) is 0. The quantitative estimate of drug-likeness (QED) is 0.434. The minimum atomic E-state index is 0.396. The van der Waals surface area contributed by atoms with E-state index in [-0.39, 0.29) is 0 Å². The molecule has 74 valence electrons. The van der Waals surface area contributed by atoms with Crippen molar-refractivity contribution in [3.63, 3.8) is 0 Å². The van der Waals surface area contributed by atoms with Crippen molar-refractivity contribution in [2.75, 3.05) is 6.61 Å². The van der Waals surface area contributed by atoms with E-state index in [9.17, 15) is 0 Å². The molecule has 0 bridgehead atoms. The molecule has 0 N–H and O–H groups in total. The lowest BCUT2D eigenvalue weighted by Gasteiger charge is -2.04. The van der Waals surface area contributed by atoms with Gasteiger partial charge in [-0.3, -0.25) is 0 Å². The first-order valence-corrected chi connectivity index (χ1v) is 4.73. The first-order chi connectivity index (χ1) is 6.76. The number of terminal acetylenes is 1. The molecule has 0 saturated carbocycles. The third-order valence-electron chi connectivity index (χ3n) is 1.53. The highest BCUT2D eigenvalue weighted by Crippen LogP contribution is 2.13. The summed E-state index contributed by atoms with van der Waals surface area (Å²) in [5.41, 5.74) is 0. The summed E-state index contributed by atoms with van der Waals surface area (Å²) >= 11 is 5.77. The molecule has 0 spiro atoms. The van der Waals surface area contributed by atoms with Crippen LogP contribution < -0.4 is 4.74 Å². The van der Waals surface area contributed by atoms with Gasteiger partial charge in [0.25, 0.3) is 0 Å². The number of ether oxygens (including phenoxy) is 1. The summed E-state index contributed by atoms with van der Waals surface area (Å²) in [6.45, 7) is 2.41. The molecule has 1 aromatic rings. The zero-order valence-corrected chi connectivity index (χ0v) is 8.71. The molecule has 0 aromatic carbocycles. The Bertz CT molecular complexity index is 346. The Kier molecular flexibility index (Phi) is 4.21. The van der Waals surface area contributed by atoms with Crippen molar-refractivity contribution in [3.05, 3.63) is 17.0 Å². The number of aromatic nitrogens is 2. The van der Waals surface area contributed by atoms with Crippen molar-refractivity contribution in [1.29, 1.82) is 0 Å². The maximum absolute atomic E-state index is 5.77. The molecule has 1 aromatic heterocycles. The molecule has 0 unspecified atom stereocenters. The zero-order chi connectivity index (χ0) is 10.4. The van der Waals surface area contributed by atoms with Crippen molar-refractivity contribution in [2.45, 2.75) is 19.8 Å². The van der Waals surface area contributed by atoms with Gasteiger partial charge < -0.3 is 4.74 Å². The smallest absolute Gasteiger partial charge is 0.218 e. The molecular weight excluding hydrogens is 200 g/mol. The van der Waals surface area contributed by atoms with E-state index in [0.717, 1.165) is 6.42 Å². The second kappa shape index (κ2) is 5.46. The van der Waals surface area contributed by atoms with Gasteiger partial charge in [0.1, 0.15) is 17.6 Å². The summed E-state index contributed by atoms with van der Waals surface area (Å²) in [5, 5.41) is 0.396. The van der Waals surface area contributed by atoms with Crippen LogP contribution in [0, 0.1) is 12.3 Å². The predicted octanol–water partition coefficient (Wildman–Crippen LogP) is 2.09. The van der Waals surface area contributed by atoms with Crippen LogP contribution >= 0.6 is 11.6 Å². The fraction of sp³-hybridized carbons (Fsp3) is 0.400. The molecule has 4 heteroatoms. The summed E-state index contributed by atoms with van der Waals surface area (Å²) in [7, 11) is 0. The van der Waals surface area contributed by atoms with Crippen molar-refractivity contribution >= 4 is 11.6 Å². The van der Waals surface area contributed by atoms with Crippen LogP contribution in [-0.4, -0.2) is 16.6 Å². The molecule has 0 amide bonds. The van der Waals surface area contributed by atoms with Gasteiger partial charge in [0.2, 0.25) is 5.88 Å². The first kappa shape index (κ1) is 10.8. The van der Waals surface area contributed by atoms with Gasteiger partial charge in [0.15, 0.2) is 0 Å². The number of hydrogen-bond acceptors (Lipinski definition) is 3. The highest BCUT2D eigenvalue weighted by Gasteiger charge is 2.01. The molecular formula is C10H11ClN2O. The van der Waals surface area contributed by atoms with Crippen LogP contribution in [0.1, 0.15) is 19.2 Å². The summed E-state index contributed by atoms with van der Waals surface area (Å²) < 4.78 is 5.29. The van der Waals surface area contributed by atoms with E-state index in [1.54, 1.807) is 6.07 Å². The van der Waals surface area contributed by atoms with Crippen LogP contribution in [0.15, 0.2) is 6.07 Å². The van der Waals surface area contributed by atoms with E-state index in [0.29, 0.717) is 29.9 Å². The first-order valence-electron chi connectivity index (χ1n) is 4.36. The van der Waals surface area contributed by atoms with E-state index in [4.69, 9.17) is 22.8 Å². The molecule has 0 aliphatic rings. The Hall–Kier alpha value is -1.27. The summed E-state index contributed by atoms with van der Waals surface area (Å²) in [4.78, 5) is 8.15. The summed E-state index contributed by atoms with van der Waals surface area (Å²) in [6.07, 6.45) is 6.38. The number of halogens is 1. The number of nitrogens with zero attached hydrogens (tertiary/aromatic N) is 2. The molecule has 1 rings (SSSR count). The standard InChI is InChI=1S/C10H11ClN2O/c1-3-5-6-14-10-7-8(11)12-9(4-2)13-10/h1,7H,4-6H2,2H3. The van der Waals surface area contributed by atoms with Crippen molar-refractivity contribution in [1.82, 2.24) is 9.97 Å². The third-order valence-corrected chi connectivity index (χ3v) is 1.72. The molecule has 0 saturated heterocycles. The third kappa shape index (κ3) is 3.23. The van der Waals surface area contributed by atoms with Crippen molar-refractivity contribution in [3.8, 4) is 18.2 Å². The Morgan fingerprint density at radius 1 is 1.57 bits per heavy atom. The highest BCUT2D eigenvalue weighted by molar-refractivity contribution is 6.29. The Balaban J connectivity index is 2.67. The SMILES string of the molecule is C#CCCOc1cc(Cl)nc(CC)n1. The summed E-state index contributed by atoms with van der Waals surface area (Å²) in [5.74, 6) is 3.64. The van der Waals surface area contributed by atoms with Gasteiger partial charge in [-0.25, -0.2) is 4.98 Å². The van der Waals surface area contributed by atoms with E-state index in [1.165, 1.54) is 0 Å². The van der Waals surface area contributed by atoms with Crippen molar-refractivity contribution in [2.24, 2.45) is 0 Å². The van der Waals surface area contributed by atoms with Crippen LogP contribution in [0.25, 0.3) is 0 Å². The van der Waals surface area contributed by atoms with Gasteiger partial charge in [0, 0.05) is 18.9 Å². The Morgan fingerprint density at radius 3 is 3.00 bits per heavy atom. The fourth-order valence-corrected chi connectivity index (χ4v) is 1.08. The second-order valence-electron chi connectivity index (χ2n) is 2.60. The molecule has 0 fully saturated rings. The van der Waals surface area contributed by atoms with Crippen LogP contribution in [0.2, 0.25) is 5.15 Å². The molecule has 1 heterocycles. The van der Waals surface area contributed by atoms with Gasteiger partial charge >= 0.3 is 0 Å². The maximum Gasteiger partial charge on any atom is 0.218 e. The van der Waals surface area contributed by atoms with Crippen LogP contribution in [-0.2, 0) is 6.42 Å². The zero-order valence-electron chi connectivity index (χ0n) is 7.96. The molecule has 3 nitrogen and oxygen atoms in total. The predicted molar refractivity (Wildman–Crippen MR) is 55.4 cm³/mol. The lowest BCUT2D eigenvalue weighted by molar-refractivity contribution is 0.313. The van der Waals surface area contributed by atoms with Gasteiger partial charge in [-0.1, -0.05) is 18.5 Å². The van der Waals surface area contributed by atoms with Crippen LogP contribution in [0.5, 0.6) is 5.88 Å². The lowest BCUT2D eigenvalue weighted by Crippen LogP contribution is -2.01. The van der Waals surface area contributed by atoms with E-state index >= 15 is 0 Å². The van der Waals surface area contributed by atoms with Crippen LogP contribution in [0.4, 0.5) is 0 Å². The minimum Gasteiger partial charge on any atom is -0.477 e. The Labute approximate surface area is 88.5 Å². The molecule has 0 radical (unpaired) electrons. The van der Waals surface area contributed by atoms with Gasteiger partial charge in [-0.2, -0.15) is 4.98 Å². The average molecular weight is 211 g/mol. The topological polar surface area (TPSA) is 35.0 Å². The molecule has 0 atom stereocenters. The highest BCUT2D eigenvalue weighted by atomic mass is 35.5. The summed E-state index contributed by atoms with van der Waals surface area (Å²) in [6, 6.07) is 1.58. The van der Waals surface area contributed by atoms with Crippen molar-refractivity contribution < 1.29 is 4.74 Å². The Morgan fingerprint density at radius 2 is 2.36 bits per heavy atom. The van der Waals surface area contributed by atoms with Crippen LogP contribution in [0.3, 0.4) is 0 Å². The lowest BCUT2D eigenvalue weighted by atomic mass is 10.4. The molecule has 0 aliphatic heterocycles. The second-order valence-corrected chi connectivity index (χ2v) is 2.99. The van der Waals surface area contributed by atoms with Gasteiger partial charge in [-0.15, -0.1) is 12.3 Å². The number of aryl methyl sites for hydroxylation is 1. The maximum atomic E-state index is 5.77. The monoisotopic (exact) mass is 210 g/mol. The van der Waals surface area contributed by atoms with Gasteiger partial charge in [-0.05, 0) is 0 Å². The van der Waals surface area contributed by atoms with E-state index < -0.39 is 0 Å². The molecule has 0 aliphatic carbocycles. The van der Waals surface area contributed by atoms with E-state index in [1.807, 2.05) is 6.92 Å². The fourth-order valence-electron chi connectivity index (χ4n) is 0.889. The van der Waals surface area contributed by atoms with Gasteiger partial charge in [0.05, 0.1) is 0 Å². The normalized spacial score (nSPS) is 9.50.